The molecule has 8 heteroatoms. The van der Waals surface area contributed by atoms with E-state index >= 15 is 0 Å². The Morgan fingerprint density at radius 2 is 1.81 bits per heavy atom. The fourth-order valence-electron chi connectivity index (χ4n) is 2.71. The summed E-state index contributed by atoms with van der Waals surface area (Å²) in [4.78, 5) is 3.27. The molecule has 1 unspecified atom stereocenters. The Kier molecular flexibility index (Phi) is 5.18. The number of hydrogen-bond acceptors (Lipinski definition) is 2. The van der Waals surface area contributed by atoms with Crippen molar-refractivity contribution >= 4 is 0 Å². The van der Waals surface area contributed by atoms with Gasteiger partial charge in [-0.25, -0.2) is 11.3 Å². The first-order valence-corrected chi connectivity index (χ1v) is 8.09. The predicted octanol–water partition coefficient (Wildman–Crippen LogP) is 4.50. The van der Waals surface area contributed by atoms with Crippen molar-refractivity contribution in [1.82, 2.24) is 14.3 Å². The van der Waals surface area contributed by atoms with Crippen LogP contribution < -0.4 is 0 Å². The van der Waals surface area contributed by atoms with Crippen LogP contribution in [0, 0.1) is 17.9 Å². The van der Waals surface area contributed by atoms with Crippen LogP contribution in [0.4, 0.5) is 13.2 Å². The summed E-state index contributed by atoms with van der Waals surface area (Å²) in [5, 5.41) is 13.8. The number of hydrogen-bond donors (Lipinski definition) is 0. The third kappa shape index (κ3) is 4.26. The average molecular weight is 363 g/mol. The van der Waals surface area contributed by atoms with Gasteiger partial charge in [0.1, 0.15) is 5.82 Å². The molecule has 0 aliphatic heterocycles. The molecule has 5 nitrogen and oxygen atoms in total. The van der Waals surface area contributed by atoms with E-state index < -0.39 is 24.6 Å². The van der Waals surface area contributed by atoms with Gasteiger partial charge in [-0.15, -0.1) is 0 Å². The van der Waals surface area contributed by atoms with Crippen LogP contribution in [0.1, 0.15) is 39.2 Å². The van der Waals surface area contributed by atoms with Gasteiger partial charge in [-0.05, 0) is 32.9 Å². The Balaban J connectivity index is 2.47. The molecule has 0 saturated carbocycles. The standard InChI is InChI=1S/C18H20F3N5/c1-16(2,3)26-15(25-9-5-6-10-25)14(12-24-26)11-17(13-22,23-4)7-8-18(19,20)21/h5-6,9-10,12H,7-8,11H2,1-3H3. The maximum Gasteiger partial charge on any atom is 0.389 e. The van der Waals surface area contributed by atoms with E-state index in [1.807, 2.05) is 32.9 Å². The summed E-state index contributed by atoms with van der Waals surface area (Å²) < 4.78 is 41.4. The fourth-order valence-corrected chi connectivity index (χ4v) is 2.71. The lowest BCUT2D eigenvalue weighted by Gasteiger charge is -2.24. The van der Waals surface area contributed by atoms with Crippen molar-refractivity contribution in [2.75, 3.05) is 0 Å². The molecule has 0 aliphatic carbocycles. The van der Waals surface area contributed by atoms with Crippen LogP contribution in [0.5, 0.6) is 0 Å². The molecule has 0 bridgehead atoms. The van der Waals surface area contributed by atoms with Crippen molar-refractivity contribution in [3.8, 4) is 11.9 Å². The molecule has 2 aromatic rings. The van der Waals surface area contributed by atoms with Gasteiger partial charge in [-0.1, -0.05) is 0 Å². The molecule has 1 atom stereocenters. The van der Waals surface area contributed by atoms with Gasteiger partial charge in [0.05, 0.1) is 24.6 Å². The van der Waals surface area contributed by atoms with E-state index in [4.69, 9.17) is 6.57 Å². The number of rotatable bonds is 5. The van der Waals surface area contributed by atoms with Crippen LogP contribution in [0.15, 0.2) is 30.7 Å². The highest BCUT2D eigenvalue weighted by molar-refractivity contribution is 5.39. The van der Waals surface area contributed by atoms with E-state index in [0.717, 1.165) is 0 Å². The van der Waals surface area contributed by atoms with Gasteiger partial charge in [0.15, 0.2) is 6.07 Å². The minimum absolute atomic E-state index is 0.118. The number of nitriles is 1. The van der Waals surface area contributed by atoms with Gasteiger partial charge in [-0.3, -0.25) is 4.85 Å². The number of halogens is 3. The molecule has 2 aromatic heterocycles. The smallest absolute Gasteiger partial charge is 0.309 e. The minimum atomic E-state index is -4.41. The molecule has 26 heavy (non-hydrogen) atoms. The van der Waals surface area contributed by atoms with E-state index in [1.165, 1.54) is 6.20 Å². The van der Waals surface area contributed by atoms with Gasteiger partial charge >= 0.3 is 11.7 Å². The molecule has 0 fully saturated rings. The summed E-state index contributed by atoms with van der Waals surface area (Å²) in [6.07, 6.45) is -1.14. The second-order valence-corrected chi connectivity index (χ2v) is 7.21. The summed E-state index contributed by atoms with van der Waals surface area (Å²) in [7, 11) is 0. The first-order chi connectivity index (χ1) is 12.0. The maximum absolute atomic E-state index is 12.6. The number of nitrogens with zero attached hydrogens (tertiary/aromatic N) is 5. The van der Waals surface area contributed by atoms with E-state index in [2.05, 4.69) is 9.94 Å². The third-order valence-electron chi connectivity index (χ3n) is 4.03. The van der Waals surface area contributed by atoms with E-state index in [-0.39, 0.29) is 12.0 Å². The normalized spacial score (nSPS) is 14.5. The zero-order valence-electron chi connectivity index (χ0n) is 14.9. The Bertz CT molecular complexity index is 812. The topological polar surface area (TPSA) is 50.9 Å². The summed E-state index contributed by atoms with van der Waals surface area (Å²) >= 11 is 0. The zero-order chi connectivity index (χ0) is 19.6. The lowest BCUT2D eigenvalue weighted by molar-refractivity contribution is -0.136. The van der Waals surface area contributed by atoms with Crippen LogP contribution in [-0.2, 0) is 12.0 Å². The van der Waals surface area contributed by atoms with Crippen LogP contribution in [0.2, 0.25) is 0 Å². The second kappa shape index (κ2) is 6.87. The van der Waals surface area contributed by atoms with Crippen molar-refractivity contribution in [3.63, 3.8) is 0 Å². The van der Waals surface area contributed by atoms with E-state index in [0.29, 0.717) is 11.4 Å². The second-order valence-electron chi connectivity index (χ2n) is 7.21. The molecule has 0 amide bonds. The number of alkyl halides is 3. The lowest BCUT2D eigenvalue weighted by Crippen LogP contribution is -2.29. The Morgan fingerprint density at radius 3 is 2.27 bits per heavy atom. The first-order valence-electron chi connectivity index (χ1n) is 8.09. The molecular formula is C18H20F3N5. The molecule has 0 aliphatic rings. The van der Waals surface area contributed by atoms with Crippen molar-refractivity contribution < 1.29 is 13.2 Å². The van der Waals surface area contributed by atoms with Crippen molar-refractivity contribution in [1.29, 1.82) is 5.26 Å². The molecule has 2 heterocycles. The fraction of sp³-hybridized carbons (Fsp3) is 0.500. The molecular weight excluding hydrogens is 343 g/mol. The van der Waals surface area contributed by atoms with Gasteiger partial charge in [0.25, 0.3) is 0 Å². The minimum Gasteiger partial charge on any atom is -0.309 e. The van der Waals surface area contributed by atoms with Crippen LogP contribution >= 0.6 is 0 Å². The highest BCUT2D eigenvalue weighted by atomic mass is 19.4. The highest BCUT2D eigenvalue weighted by Gasteiger charge is 2.43. The largest absolute Gasteiger partial charge is 0.389 e. The Labute approximate surface area is 150 Å². The van der Waals surface area contributed by atoms with Crippen molar-refractivity contribution in [2.24, 2.45) is 0 Å². The molecule has 0 radical (unpaired) electrons. The van der Waals surface area contributed by atoms with Gasteiger partial charge in [-0.2, -0.15) is 23.5 Å². The van der Waals surface area contributed by atoms with Gasteiger partial charge < -0.3 is 4.57 Å². The van der Waals surface area contributed by atoms with Crippen molar-refractivity contribution in [3.05, 3.63) is 47.7 Å². The highest BCUT2D eigenvalue weighted by Crippen LogP contribution is 2.33. The molecule has 2 rings (SSSR count). The SMILES string of the molecule is [C-]#[N+]C(C#N)(CCC(F)(F)F)Cc1cnn(C(C)(C)C)c1-n1cccc1. The van der Waals surface area contributed by atoms with Gasteiger partial charge in [0, 0.05) is 24.4 Å². The summed E-state index contributed by atoms with van der Waals surface area (Å²) in [6, 6.07) is 5.44. The predicted molar refractivity (Wildman–Crippen MR) is 90.5 cm³/mol. The quantitative estimate of drug-likeness (QED) is 0.735. The molecule has 0 aromatic carbocycles. The Morgan fingerprint density at radius 1 is 1.19 bits per heavy atom. The van der Waals surface area contributed by atoms with E-state index in [9.17, 15) is 18.4 Å². The average Bonchev–Trinajstić information content (AvgIpc) is 3.19. The van der Waals surface area contributed by atoms with E-state index in [1.54, 1.807) is 27.7 Å². The molecule has 0 saturated heterocycles. The summed E-state index contributed by atoms with van der Waals surface area (Å²) in [5.74, 6) is 0.651. The van der Waals surface area contributed by atoms with Crippen LogP contribution in [-0.4, -0.2) is 26.1 Å². The summed E-state index contributed by atoms with van der Waals surface area (Å²) in [6.45, 7) is 13.2. The summed E-state index contributed by atoms with van der Waals surface area (Å²) in [5.41, 5.74) is -1.59. The van der Waals surface area contributed by atoms with Gasteiger partial charge in [0.2, 0.25) is 0 Å². The number of aromatic nitrogens is 3. The molecule has 138 valence electrons. The Hall–Kier alpha value is -2.74. The zero-order valence-corrected chi connectivity index (χ0v) is 14.9. The van der Waals surface area contributed by atoms with Crippen LogP contribution in [0.25, 0.3) is 10.7 Å². The molecule has 0 N–H and O–H groups in total. The monoisotopic (exact) mass is 363 g/mol. The maximum atomic E-state index is 12.6. The van der Waals surface area contributed by atoms with Crippen LogP contribution in [0.3, 0.4) is 0 Å². The molecule has 0 spiro atoms. The first kappa shape index (κ1) is 19.6. The third-order valence-corrected chi connectivity index (χ3v) is 4.03. The lowest BCUT2D eigenvalue weighted by atomic mass is 9.89. The van der Waals surface area contributed by atoms with Crippen molar-refractivity contribution in [2.45, 2.75) is 57.3 Å².